The number of imidazole rings is 1. The minimum atomic E-state index is 0.537. The van der Waals surface area contributed by atoms with Crippen molar-refractivity contribution in [3.05, 3.63) is 18.2 Å². The molecule has 1 saturated heterocycles. The molecular weight excluding hydrogens is 222 g/mol. The van der Waals surface area contributed by atoms with Crippen LogP contribution in [0, 0.1) is 5.41 Å². The summed E-state index contributed by atoms with van der Waals surface area (Å²) in [5.41, 5.74) is 1.99. The number of nitrogens with zero attached hydrogens (tertiary/aromatic N) is 2. The molecule has 0 radical (unpaired) electrons. The van der Waals surface area contributed by atoms with E-state index in [4.69, 9.17) is 0 Å². The molecule has 0 amide bonds. The number of hydrogen-bond acceptors (Lipinski definition) is 2. The lowest BCUT2D eigenvalue weighted by Crippen LogP contribution is -2.35. The zero-order valence-corrected chi connectivity index (χ0v) is 11.5. The van der Waals surface area contributed by atoms with Crippen LogP contribution in [-0.4, -0.2) is 16.1 Å². The Labute approximate surface area is 110 Å². The lowest BCUT2D eigenvalue weighted by Gasteiger charge is -2.42. The largest absolute Gasteiger partial charge is 0.333 e. The Balaban J connectivity index is 1.74. The van der Waals surface area contributed by atoms with Gasteiger partial charge in [0, 0.05) is 18.8 Å². The van der Waals surface area contributed by atoms with E-state index in [0.717, 1.165) is 6.54 Å². The van der Waals surface area contributed by atoms with Gasteiger partial charge in [0.2, 0.25) is 0 Å². The van der Waals surface area contributed by atoms with Gasteiger partial charge in [0.15, 0.2) is 0 Å². The van der Waals surface area contributed by atoms with E-state index in [2.05, 4.69) is 28.0 Å². The average molecular weight is 247 g/mol. The highest BCUT2D eigenvalue weighted by molar-refractivity contribution is 5.07. The minimum Gasteiger partial charge on any atom is -0.333 e. The SMILES string of the molecule is CCC1(Cn2cncc2C2CCCCN2)CCC1. The molecule has 100 valence electrons. The Kier molecular flexibility index (Phi) is 3.42. The maximum atomic E-state index is 4.40. The molecule has 2 aliphatic rings. The monoisotopic (exact) mass is 247 g/mol. The average Bonchev–Trinajstić information content (AvgIpc) is 2.83. The second-order valence-corrected chi connectivity index (χ2v) is 6.16. The van der Waals surface area contributed by atoms with Crippen LogP contribution in [0.25, 0.3) is 0 Å². The number of piperidine rings is 1. The summed E-state index contributed by atoms with van der Waals surface area (Å²) in [4.78, 5) is 4.40. The van der Waals surface area contributed by atoms with Gasteiger partial charge >= 0.3 is 0 Å². The van der Waals surface area contributed by atoms with Crippen molar-refractivity contribution >= 4 is 0 Å². The molecule has 1 saturated carbocycles. The molecule has 0 spiro atoms. The van der Waals surface area contributed by atoms with Gasteiger partial charge in [0.25, 0.3) is 0 Å². The maximum absolute atomic E-state index is 4.40. The summed E-state index contributed by atoms with van der Waals surface area (Å²) >= 11 is 0. The summed E-state index contributed by atoms with van der Waals surface area (Å²) in [7, 11) is 0. The summed E-state index contributed by atoms with van der Waals surface area (Å²) in [6, 6.07) is 0.537. The predicted molar refractivity (Wildman–Crippen MR) is 73.4 cm³/mol. The van der Waals surface area contributed by atoms with Crippen LogP contribution in [0.4, 0.5) is 0 Å². The zero-order valence-electron chi connectivity index (χ0n) is 11.5. The van der Waals surface area contributed by atoms with Gasteiger partial charge in [-0.2, -0.15) is 0 Å². The molecule has 1 aliphatic heterocycles. The molecule has 1 aliphatic carbocycles. The minimum absolute atomic E-state index is 0.537. The third-order valence-corrected chi connectivity index (χ3v) is 5.08. The van der Waals surface area contributed by atoms with Crippen molar-refractivity contribution in [1.82, 2.24) is 14.9 Å². The first-order chi connectivity index (χ1) is 8.83. The van der Waals surface area contributed by atoms with Crippen LogP contribution in [0.15, 0.2) is 12.5 Å². The lowest BCUT2D eigenvalue weighted by molar-refractivity contribution is 0.0981. The van der Waals surface area contributed by atoms with Gasteiger partial charge in [0.05, 0.1) is 12.0 Å². The van der Waals surface area contributed by atoms with Gasteiger partial charge in [-0.15, -0.1) is 0 Å². The number of nitrogens with one attached hydrogen (secondary N) is 1. The van der Waals surface area contributed by atoms with Crippen LogP contribution in [-0.2, 0) is 6.54 Å². The van der Waals surface area contributed by atoms with Crippen molar-refractivity contribution in [2.45, 2.75) is 64.5 Å². The summed E-state index contributed by atoms with van der Waals surface area (Å²) in [6.45, 7) is 4.68. The Morgan fingerprint density at radius 1 is 1.39 bits per heavy atom. The molecule has 1 unspecified atom stereocenters. The molecule has 1 N–H and O–H groups in total. The van der Waals surface area contributed by atoms with Crippen LogP contribution in [0.5, 0.6) is 0 Å². The second-order valence-electron chi connectivity index (χ2n) is 6.16. The van der Waals surface area contributed by atoms with Crippen molar-refractivity contribution in [3.63, 3.8) is 0 Å². The molecule has 2 heterocycles. The van der Waals surface area contributed by atoms with Crippen LogP contribution >= 0.6 is 0 Å². The number of aromatic nitrogens is 2. The van der Waals surface area contributed by atoms with Gasteiger partial charge in [-0.1, -0.05) is 19.8 Å². The normalized spacial score (nSPS) is 26.8. The summed E-state index contributed by atoms with van der Waals surface area (Å²) in [5, 5.41) is 3.64. The van der Waals surface area contributed by atoms with E-state index >= 15 is 0 Å². The fourth-order valence-corrected chi connectivity index (χ4v) is 3.52. The topological polar surface area (TPSA) is 29.9 Å². The molecule has 1 atom stereocenters. The predicted octanol–water partition coefficient (Wildman–Crippen LogP) is 3.28. The second kappa shape index (κ2) is 5.04. The molecule has 2 fully saturated rings. The van der Waals surface area contributed by atoms with Gasteiger partial charge < -0.3 is 9.88 Å². The van der Waals surface area contributed by atoms with Gasteiger partial charge in [-0.3, -0.25) is 0 Å². The van der Waals surface area contributed by atoms with Crippen LogP contribution in [0.1, 0.15) is 63.6 Å². The summed E-state index contributed by atoms with van der Waals surface area (Å²) in [6.07, 6.45) is 13.6. The van der Waals surface area contributed by atoms with E-state index < -0.39 is 0 Å². The van der Waals surface area contributed by atoms with Crippen molar-refractivity contribution < 1.29 is 0 Å². The molecule has 0 aromatic carbocycles. The Morgan fingerprint density at radius 3 is 2.89 bits per heavy atom. The van der Waals surface area contributed by atoms with Crippen molar-refractivity contribution in [2.75, 3.05) is 6.54 Å². The van der Waals surface area contributed by atoms with Gasteiger partial charge in [-0.25, -0.2) is 4.98 Å². The van der Waals surface area contributed by atoms with E-state index in [9.17, 15) is 0 Å². The Bertz CT molecular complexity index is 381. The highest BCUT2D eigenvalue weighted by atomic mass is 15.1. The van der Waals surface area contributed by atoms with E-state index in [-0.39, 0.29) is 0 Å². The molecule has 1 aromatic heterocycles. The molecule has 3 heteroatoms. The first-order valence-electron chi connectivity index (χ1n) is 7.56. The molecule has 18 heavy (non-hydrogen) atoms. The van der Waals surface area contributed by atoms with Crippen LogP contribution in [0.3, 0.4) is 0 Å². The Morgan fingerprint density at radius 2 is 2.28 bits per heavy atom. The number of hydrogen-bond donors (Lipinski definition) is 1. The van der Waals surface area contributed by atoms with E-state index in [0.29, 0.717) is 11.5 Å². The highest BCUT2D eigenvalue weighted by Gasteiger charge is 2.36. The molecule has 3 nitrogen and oxygen atoms in total. The quantitative estimate of drug-likeness (QED) is 0.885. The standard InChI is InChI=1S/C15H25N3/c1-2-15(7-5-8-15)11-18-12-16-10-14(18)13-6-3-4-9-17-13/h10,12-13,17H,2-9,11H2,1H3. The smallest absolute Gasteiger partial charge is 0.0948 e. The van der Waals surface area contributed by atoms with Crippen LogP contribution in [0.2, 0.25) is 0 Å². The van der Waals surface area contributed by atoms with E-state index in [1.54, 1.807) is 0 Å². The van der Waals surface area contributed by atoms with E-state index in [1.165, 1.54) is 57.2 Å². The van der Waals surface area contributed by atoms with Crippen molar-refractivity contribution in [3.8, 4) is 0 Å². The molecular formula is C15H25N3. The summed E-state index contributed by atoms with van der Waals surface area (Å²) in [5.74, 6) is 0. The molecule has 3 rings (SSSR count). The van der Waals surface area contributed by atoms with Gasteiger partial charge in [0.1, 0.15) is 0 Å². The molecule has 1 aromatic rings. The zero-order chi connectivity index (χ0) is 12.4. The number of rotatable bonds is 4. The molecule has 0 bridgehead atoms. The third-order valence-electron chi connectivity index (χ3n) is 5.08. The lowest BCUT2D eigenvalue weighted by atomic mass is 9.67. The summed E-state index contributed by atoms with van der Waals surface area (Å²) < 4.78 is 2.42. The van der Waals surface area contributed by atoms with Gasteiger partial charge in [-0.05, 0) is 44.1 Å². The fourth-order valence-electron chi connectivity index (χ4n) is 3.52. The Hall–Kier alpha value is -0.830. The highest BCUT2D eigenvalue weighted by Crippen LogP contribution is 2.45. The van der Waals surface area contributed by atoms with Crippen molar-refractivity contribution in [1.29, 1.82) is 0 Å². The van der Waals surface area contributed by atoms with Crippen molar-refractivity contribution in [2.24, 2.45) is 5.41 Å². The van der Waals surface area contributed by atoms with E-state index in [1.807, 2.05) is 6.33 Å². The first kappa shape index (κ1) is 12.2. The fraction of sp³-hybridized carbons (Fsp3) is 0.800. The maximum Gasteiger partial charge on any atom is 0.0948 e. The van der Waals surface area contributed by atoms with Crippen LogP contribution < -0.4 is 5.32 Å². The first-order valence-corrected chi connectivity index (χ1v) is 7.56. The third kappa shape index (κ3) is 2.20.